The number of carboxylic acids is 1. The molecule has 0 saturated carbocycles. The van der Waals surface area contributed by atoms with Crippen LogP contribution in [0.2, 0.25) is 0 Å². The number of hydrogen-bond acceptors (Lipinski definition) is 7. The Morgan fingerprint density at radius 2 is 0.814 bits per heavy atom. The van der Waals surface area contributed by atoms with Crippen molar-refractivity contribution in [1.29, 1.82) is 0 Å². The second-order valence-electron chi connectivity index (χ2n) is 19.2. The van der Waals surface area contributed by atoms with Gasteiger partial charge in [-0.1, -0.05) is 213 Å². The molecule has 0 amide bonds. The minimum Gasteiger partial charge on any atom is -0.477 e. The molecule has 0 heterocycles. The predicted molar refractivity (Wildman–Crippen MR) is 295 cm³/mol. The maximum Gasteiger partial charge on any atom is 0.361 e. The normalized spacial score (nSPS) is 13.7. The number of rotatable bonds is 49. The van der Waals surface area contributed by atoms with Crippen molar-refractivity contribution in [2.45, 2.75) is 212 Å². The summed E-state index contributed by atoms with van der Waals surface area (Å²) in [5.74, 6) is -2.06. The lowest BCUT2D eigenvalue weighted by molar-refractivity contribution is -0.870. The summed E-state index contributed by atoms with van der Waals surface area (Å²) in [6, 6.07) is 0. The first-order valence-electron chi connectivity index (χ1n) is 27.6. The van der Waals surface area contributed by atoms with Gasteiger partial charge in [-0.25, -0.2) is 4.79 Å². The van der Waals surface area contributed by atoms with Crippen LogP contribution in [0.1, 0.15) is 200 Å². The molecule has 398 valence electrons. The molecular weight excluding hydrogens is 875 g/mol. The fraction of sp³-hybridized carbons (Fsp3) is 0.656. The second-order valence-corrected chi connectivity index (χ2v) is 19.2. The summed E-state index contributed by atoms with van der Waals surface area (Å²) in [4.78, 5) is 37.3. The number of unbranched alkanes of at least 4 members (excludes halogenated alkanes) is 16. The van der Waals surface area contributed by atoms with E-state index in [1.54, 1.807) is 0 Å². The fourth-order valence-electron chi connectivity index (χ4n) is 7.06. The molecule has 0 aliphatic rings. The number of hydrogen-bond donors (Lipinski definition) is 1. The van der Waals surface area contributed by atoms with Crippen molar-refractivity contribution in [3.8, 4) is 0 Å². The first-order valence-corrected chi connectivity index (χ1v) is 27.6. The van der Waals surface area contributed by atoms with Gasteiger partial charge in [0.15, 0.2) is 6.10 Å². The number of esters is 2. The van der Waals surface area contributed by atoms with E-state index < -0.39 is 24.3 Å². The molecule has 2 atom stereocenters. The van der Waals surface area contributed by atoms with E-state index in [0.717, 1.165) is 96.3 Å². The molecule has 70 heavy (non-hydrogen) atoms. The maximum absolute atomic E-state index is 12.8. The smallest absolute Gasteiger partial charge is 0.361 e. The second kappa shape index (κ2) is 51.3. The summed E-state index contributed by atoms with van der Waals surface area (Å²) in [5.41, 5.74) is 0. The molecule has 0 spiro atoms. The van der Waals surface area contributed by atoms with Gasteiger partial charge in [-0.05, 0) is 83.5 Å². The number of quaternary nitrogens is 1. The topological polar surface area (TPSA) is 108 Å². The predicted octanol–water partition coefficient (Wildman–Crippen LogP) is 15.9. The summed E-state index contributed by atoms with van der Waals surface area (Å²) >= 11 is 0. The molecule has 0 aliphatic carbocycles. The monoisotopic (exact) mass is 977 g/mol. The Balaban J connectivity index is 4.36. The van der Waals surface area contributed by atoms with E-state index in [1.165, 1.54) is 70.6 Å². The molecular formula is C61H102NO8+. The zero-order chi connectivity index (χ0) is 51.3. The van der Waals surface area contributed by atoms with E-state index in [0.29, 0.717) is 23.9 Å². The molecule has 1 N–H and O–H groups in total. The van der Waals surface area contributed by atoms with Gasteiger partial charge >= 0.3 is 17.9 Å². The van der Waals surface area contributed by atoms with Crippen molar-refractivity contribution in [2.75, 3.05) is 47.5 Å². The molecule has 0 aromatic heterocycles. The van der Waals surface area contributed by atoms with Gasteiger partial charge in [0.1, 0.15) is 13.2 Å². The number of carbonyl (C=O) groups excluding carboxylic acids is 2. The largest absolute Gasteiger partial charge is 0.477 e. The molecule has 0 saturated heterocycles. The quantitative estimate of drug-likeness (QED) is 0.0211. The summed E-state index contributed by atoms with van der Waals surface area (Å²) < 4.78 is 22.8. The molecule has 0 aromatic rings. The molecule has 0 fully saturated rings. The van der Waals surface area contributed by atoms with Gasteiger partial charge in [-0.2, -0.15) is 0 Å². The molecule has 0 aliphatic heterocycles. The zero-order valence-electron chi connectivity index (χ0n) is 45.1. The number of allylic oxidation sites excluding steroid dienone is 18. The van der Waals surface area contributed by atoms with Gasteiger partial charge in [0.25, 0.3) is 6.29 Å². The Morgan fingerprint density at radius 1 is 0.443 bits per heavy atom. The number of likely N-dealkylation sites (N-methyl/N-ethyl adjacent to an activating group) is 1. The average Bonchev–Trinajstić information content (AvgIpc) is 3.33. The van der Waals surface area contributed by atoms with Crippen LogP contribution in [0.15, 0.2) is 109 Å². The van der Waals surface area contributed by atoms with Gasteiger partial charge in [0, 0.05) is 12.8 Å². The van der Waals surface area contributed by atoms with Crippen LogP contribution in [0.3, 0.4) is 0 Å². The highest BCUT2D eigenvalue weighted by atomic mass is 16.7. The molecule has 0 bridgehead atoms. The first-order chi connectivity index (χ1) is 34.1. The Labute approximate surface area is 428 Å². The van der Waals surface area contributed by atoms with Crippen molar-refractivity contribution in [3.05, 3.63) is 109 Å². The van der Waals surface area contributed by atoms with Gasteiger partial charge in [-0.3, -0.25) is 9.59 Å². The lowest BCUT2D eigenvalue weighted by atomic mass is 10.0. The Morgan fingerprint density at radius 3 is 1.21 bits per heavy atom. The summed E-state index contributed by atoms with van der Waals surface area (Å²) in [5, 5.41) is 9.68. The SMILES string of the molecule is CC/C=C\C/C=C\C/C=C\C/C=C\C/C=C\C/C=C\C/C=C\C/C=C\C/C=C\CCCCCC(=O)OC(COC(=O)CCCCCCCCCCCCCCCC)COC(OCC[N+](C)(C)C)C(=O)O. The lowest BCUT2D eigenvalue weighted by Crippen LogP contribution is -2.40. The molecule has 9 heteroatoms. The first kappa shape index (κ1) is 66.0. The van der Waals surface area contributed by atoms with Crippen LogP contribution in [0, 0.1) is 0 Å². The zero-order valence-corrected chi connectivity index (χ0v) is 45.1. The molecule has 0 aromatic carbocycles. The number of nitrogens with zero attached hydrogens (tertiary/aromatic N) is 1. The van der Waals surface area contributed by atoms with E-state index in [9.17, 15) is 19.5 Å². The molecule has 2 unspecified atom stereocenters. The van der Waals surface area contributed by atoms with Crippen molar-refractivity contribution in [2.24, 2.45) is 0 Å². The third-order valence-corrected chi connectivity index (χ3v) is 11.3. The van der Waals surface area contributed by atoms with Crippen molar-refractivity contribution in [1.82, 2.24) is 0 Å². The third kappa shape index (κ3) is 51.8. The minimum atomic E-state index is -1.52. The van der Waals surface area contributed by atoms with E-state index in [4.69, 9.17) is 18.9 Å². The van der Waals surface area contributed by atoms with Crippen molar-refractivity contribution in [3.63, 3.8) is 0 Å². The lowest BCUT2D eigenvalue weighted by Gasteiger charge is -2.25. The van der Waals surface area contributed by atoms with Crippen LogP contribution in [0.4, 0.5) is 0 Å². The molecule has 9 nitrogen and oxygen atoms in total. The Hall–Kier alpha value is -4.05. The van der Waals surface area contributed by atoms with Crippen LogP contribution < -0.4 is 0 Å². The molecule has 0 rings (SSSR count). The Kier molecular flexibility index (Phi) is 48.3. The van der Waals surface area contributed by atoms with E-state index in [1.807, 2.05) is 21.1 Å². The van der Waals surface area contributed by atoms with Crippen molar-refractivity contribution >= 4 is 17.9 Å². The highest BCUT2D eigenvalue weighted by Crippen LogP contribution is 2.14. The summed E-state index contributed by atoms with van der Waals surface area (Å²) in [7, 11) is 5.94. The average molecular weight is 977 g/mol. The Bertz CT molecular complexity index is 1510. The maximum atomic E-state index is 12.8. The van der Waals surface area contributed by atoms with Crippen LogP contribution in [-0.4, -0.2) is 87.4 Å². The van der Waals surface area contributed by atoms with Gasteiger partial charge < -0.3 is 28.5 Å². The summed E-state index contributed by atoms with van der Waals surface area (Å²) in [6.45, 7) is 4.71. The van der Waals surface area contributed by atoms with Crippen LogP contribution in [0.25, 0.3) is 0 Å². The van der Waals surface area contributed by atoms with E-state index in [2.05, 4.69) is 123 Å². The van der Waals surface area contributed by atoms with Crippen LogP contribution in [0.5, 0.6) is 0 Å². The van der Waals surface area contributed by atoms with Crippen LogP contribution >= 0.6 is 0 Å². The van der Waals surface area contributed by atoms with E-state index in [-0.39, 0.29) is 32.2 Å². The highest BCUT2D eigenvalue weighted by molar-refractivity contribution is 5.71. The van der Waals surface area contributed by atoms with E-state index >= 15 is 0 Å². The number of aliphatic carboxylic acids is 1. The molecule has 0 radical (unpaired) electrons. The fourth-order valence-corrected chi connectivity index (χ4v) is 7.06. The van der Waals surface area contributed by atoms with Crippen molar-refractivity contribution < 1.29 is 42.9 Å². The number of ether oxygens (including phenoxy) is 4. The number of carbonyl (C=O) groups is 3. The third-order valence-electron chi connectivity index (χ3n) is 11.3. The van der Waals surface area contributed by atoms with Gasteiger partial charge in [0.05, 0.1) is 34.4 Å². The van der Waals surface area contributed by atoms with Gasteiger partial charge in [0.2, 0.25) is 0 Å². The van der Waals surface area contributed by atoms with Gasteiger partial charge in [-0.15, -0.1) is 0 Å². The van der Waals surface area contributed by atoms with Crippen LogP contribution in [-0.2, 0) is 33.3 Å². The standard InChI is InChI=1S/C61H101NO8/c1-6-8-10-12-14-16-18-20-22-23-24-25-26-27-28-29-30-31-32-33-34-35-36-37-38-40-42-44-46-48-50-52-59(64)70-57(56-69-61(60(65)66)67-54-53-62(3,4)5)55-68-58(63)51-49-47-45-43-41-39-21-19-17-15-13-11-9-7-2/h8,10,14,16,20,22,24-25,27-28,30-31,33-34,36-37,40,42,57,61H,6-7,9,11-13,15,17-19,21,23,26,29,32,35,38-39,41,43-56H2,1-5H3/p+1/b10-8-,16-14-,22-20-,25-24-,28-27-,31-30-,34-33-,37-36-,42-40-. The number of carboxylic acid groups (broad SMARTS) is 1. The minimum absolute atomic E-state index is 0.176. The summed E-state index contributed by atoms with van der Waals surface area (Å²) in [6.07, 6.45) is 67.3. The highest BCUT2D eigenvalue weighted by Gasteiger charge is 2.25.